The third kappa shape index (κ3) is 5.41. The van der Waals surface area contributed by atoms with Gasteiger partial charge in [0.05, 0.1) is 43.2 Å². The average molecular weight is 500 g/mol. The molecule has 1 aromatic carbocycles. The molecule has 0 aliphatic carbocycles. The van der Waals surface area contributed by atoms with Crippen molar-refractivity contribution in [2.45, 2.75) is 25.4 Å². The molecule has 192 valence electrons. The molecular formula is C27H33N9O. The lowest BCUT2D eigenvalue weighted by molar-refractivity contribution is 0.122. The van der Waals surface area contributed by atoms with Crippen LogP contribution in [0, 0.1) is 0 Å². The molecule has 3 aromatic heterocycles. The van der Waals surface area contributed by atoms with Crippen LogP contribution < -0.4 is 15.5 Å². The van der Waals surface area contributed by atoms with Crippen LogP contribution in [0.4, 0.5) is 17.2 Å². The summed E-state index contributed by atoms with van der Waals surface area (Å²) >= 11 is 0. The van der Waals surface area contributed by atoms with Gasteiger partial charge < -0.3 is 25.3 Å². The first kappa shape index (κ1) is 23.8. The molecule has 2 saturated heterocycles. The number of piperidine rings is 1. The van der Waals surface area contributed by atoms with Crippen LogP contribution in [0.3, 0.4) is 0 Å². The smallest absolute Gasteiger partial charge is 0.143 e. The number of likely N-dealkylation sites (tertiary alicyclic amines) is 1. The zero-order chi connectivity index (χ0) is 25.0. The van der Waals surface area contributed by atoms with Gasteiger partial charge in [-0.2, -0.15) is 0 Å². The predicted molar refractivity (Wildman–Crippen MR) is 145 cm³/mol. The monoisotopic (exact) mass is 499 g/mol. The van der Waals surface area contributed by atoms with Crippen molar-refractivity contribution in [1.82, 2.24) is 35.1 Å². The van der Waals surface area contributed by atoms with Crippen molar-refractivity contribution in [1.29, 1.82) is 0 Å². The van der Waals surface area contributed by atoms with Gasteiger partial charge in [0.25, 0.3) is 0 Å². The van der Waals surface area contributed by atoms with Gasteiger partial charge in [0, 0.05) is 37.1 Å². The van der Waals surface area contributed by atoms with E-state index in [1.54, 1.807) is 6.33 Å². The molecule has 10 nitrogen and oxygen atoms in total. The summed E-state index contributed by atoms with van der Waals surface area (Å²) in [7, 11) is 2.04. The third-order valence-electron chi connectivity index (χ3n) is 7.18. The van der Waals surface area contributed by atoms with E-state index in [0.29, 0.717) is 6.04 Å². The summed E-state index contributed by atoms with van der Waals surface area (Å²) < 4.78 is 5.49. The summed E-state index contributed by atoms with van der Waals surface area (Å²) in [4.78, 5) is 26.3. The second-order valence-electron chi connectivity index (χ2n) is 9.70. The molecule has 0 spiro atoms. The van der Waals surface area contributed by atoms with Gasteiger partial charge in [-0.25, -0.2) is 19.9 Å². The lowest BCUT2D eigenvalue weighted by atomic mass is 10.1. The van der Waals surface area contributed by atoms with Gasteiger partial charge in [-0.05, 0) is 50.2 Å². The Morgan fingerprint density at radius 1 is 1.00 bits per heavy atom. The molecule has 37 heavy (non-hydrogen) atoms. The quantitative estimate of drug-likeness (QED) is 0.353. The minimum absolute atomic E-state index is 0.557. The van der Waals surface area contributed by atoms with Gasteiger partial charge in [0.15, 0.2) is 0 Å². The largest absolute Gasteiger partial charge is 0.378 e. The fraction of sp³-hybridized carbons (Fsp3) is 0.407. The number of benzene rings is 1. The summed E-state index contributed by atoms with van der Waals surface area (Å²) in [5.41, 5.74) is 4.81. The Morgan fingerprint density at radius 2 is 1.81 bits per heavy atom. The van der Waals surface area contributed by atoms with Crippen molar-refractivity contribution < 1.29 is 4.74 Å². The number of nitrogens with one attached hydrogen (secondary N) is 3. The van der Waals surface area contributed by atoms with Crippen LogP contribution in [-0.2, 0) is 11.3 Å². The summed E-state index contributed by atoms with van der Waals surface area (Å²) in [5, 5.41) is 7.83. The van der Waals surface area contributed by atoms with E-state index < -0.39 is 0 Å². The Morgan fingerprint density at radius 3 is 2.59 bits per heavy atom. The van der Waals surface area contributed by atoms with E-state index in [4.69, 9.17) is 4.74 Å². The van der Waals surface area contributed by atoms with E-state index in [2.05, 4.69) is 75.7 Å². The first-order valence-electron chi connectivity index (χ1n) is 13.0. The van der Waals surface area contributed by atoms with Crippen LogP contribution in [0.15, 0.2) is 49.1 Å². The van der Waals surface area contributed by atoms with E-state index in [9.17, 15) is 0 Å². The number of morpholine rings is 1. The van der Waals surface area contributed by atoms with E-state index in [1.165, 1.54) is 12.8 Å². The predicted octanol–water partition coefficient (Wildman–Crippen LogP) is 3.18. The number of hydrogen-bond acceptors (Lipinski definition) is 9. The fourth-order valence-electron chi connectivity index (χ4n) is 5.14. The molecule has 0 bridgehead atoms. The van der Waals surface area contributed by atoms with Crippen LogP contribution in [0.25, 0.3) is 22.3 Å². The molecule has 0 saturated carbocycles. The first-order chi connectivity index (χ1) is 18.2. The van der Waals surface area contributed by atoms with E-state index in [-0.39, 0.29) is 0 Å². The molecular weight excluding hydrogens is 466 g/mol. The van der Waals surface area contributed by atoms with E-state index in [0.717, 1.165) is 91.2 Å². The Labute approximate surface area is 216 Å². The average Bonchev–Trinajstić information content (AvgIpc) is 3.40. The lowest BCUT2D eigenvalue weighted by Crippen LogP contribution is -2.44. The second-order valence-corrected chi connectivity index (χ2v) is 9.70. The Bertz CT molecular complexity index is 1320. The van der Waals surface area contributed by atoms with Crippen molar-refractivity contribution in [3.05, 3.63) is 54.9 Å². The second kappa shape index (κ2) is 10.8. The molecule has 2 aliphatic rings. The molecule has 2 aliphatic heterocycles. The third-order valence-corrected chi connectivity index (χ3v) is 7.18. The Kier molecular flexibility index (Phi) is 6.94. The van der Waals surface area contributed by atoms with Gasteiger partial charge in [-0.1, -0.05) is 12.1 Å². The summed E-state index contributed by atoms with van der Waals surface area (Å²) in [6.07, 6.45) is 7.79. The topological polar surface area (TPSA) is 107 Å². The minimum atomic E-state index is 0.557. The van der Waals surface area contributed by atoms with Gasteiger partial charge in [0.2, 0.25) is 0 Å². The number of hydrogen-bond donors (Lipinski definition) is 3. The van der Waals surface area contributed by atoms with Gasteiger partial charge in [0.1, 0.15) is 23.6 Å². The van der Waals surface area contributed by atoms with Crippen molar-refractivity contribution in [2.24, 2.45) is 0 Å². The van der Waals surface area contributed by atoms with Crippen molar-refractivity contribution >= 4 is 28.2 Å². The molecule has 0 radical (unpaired) electrons. The zero-order valence-electron chi connectivity index (χ0n) is 21.2. The van der Waals surface area contributed by atoms with Crippen LogP contribution in [0.1, 0.15) is 18.7 Å². The lowest BCUT2D eigenvalue weighted by Gasteiger charge is -2.31. The van der Waals surface area contributed by atoms with E-state index >= 15 is 0 Å². The molecule has 10 heteroatoms. The normalized spacial score (nSPS) is 18.8. The standard InChI is InChI=1S/C27H33N9O/c1-28-21-3-2-8-35(16-21)17-25-29-14-22(15-30-25)33-20-6-4-19(5-7-20)24-13-23-26(34-24)31-18-32-27(23)36-9-11-37-12-10-36/h4-7,13-15,18,21,28,33H,2-3,8-12,16-17H2,1H3,(H,31,32,34)/t21-/m1/s1. The highest BCUT2D eigenvalue weighted by atomic mass is 16.5. The Balaban J connectivity index is 1.11. The number of H-pyrrole nitrogens is 1. The van der Waals surface area contributed by atoms with Crippen LogP contribution in [0.5, 0.6) is 0 Å². The number of aromatic amines is 1. The minimum Gasteiger partial charge on any atom is -0.378 e. The molecule has 2 fully saturated rings. The number of fused-ring (bicyclic) bond motifs is 1. The van der Waals surface area contributed by atoms with Gasteiger partial charge >= 0.3 is 0 Å². The highest BCUT2D eigenvalue weighted by Gasteiger charge is 2.19. The maximum atomic E-state index is 5.49. The molecule has 5 heterocycles. The van der Waals surface area contributed by atoms with Crippen molar-refractivity contribution in [2.75, 3.05) is 56.7 Å². The van der Waals surface area contributed by atoms with Gasteiger partial charge in [-0.15, -0.1) is 0 Å². The number of anilines is 3. The van der Waals surface area contributed by atoms with Crippen LogP contribution >= 0.6 is 0 Å². The number of aromatic nitrogens is 5. The molecule has 6 rings (SSSR count). The first-order valence-corrected chi connectivity index (χ1v) is 13.0. The number of likely N-dealkylation sites (N-methyl/N-ethyl adjacent to an activating group) is 1. The summed E-state index contributed by atoms with van der Waals surface area (Å²) in [5.74, 6) is 1.82. The molecule has 4 aromatic rings. The molecule has 1 atom stereocenters. The highest BCUT2D eigenvalue weighted by Crippen LogP contribution is 2.30. The van der Waals surface area contributed by atoms with Gasteiger partial charge in [-0.3, -0.25) is 4.90 Å². The Hall–Kier alpha value is -3.60. The zero-order valence-corrected chi connectivity index (χ0v) is 21.2. The highest BCUT2D eigenvalue weighted by molar-refractivity contribution is 5.92. The summed E-state index contributed by atoms with van der Waals surface area (Å²) in [6, 6.07) is 11.0. The van der Waals surface area contributed by atoms with Crippen LogP contribution in [0.2, 0.25) is 0 Å². The fourth-order valence-corrected chi connectivity index (χ4v) is 5.14. The SMILES string of the molecule is CN[C@@H]1CCCN(Cc2ncc(Nc3ccc(-c4cc5c(N6CCOCC6)ncnc5[nH]4)cc3)cn2)C1. The molecule has 0 amide bonds. The maximum absolute atomic E-state index is 5.49. The number of nitrogens with zero attached hydrogens (tertiary/aromatic N) is 6. The van der Waals surface area contributed by atoms with Crippen molar-refractivity contribution in [3.63, 3.8) is 0 Å². The molecule has 3 N–H and O–H groups in total. The van der Waals surface area contributed by atoms with E-state index in [1.807, 2.05) is 19.4 Å². The maximum Gasteiger partial charge on any atom is 0.143 e. The van der Waals surface area contributed by atoms with Crippen molar-refractivity contribution in [3.8, 4) is 11.3 Å². The number of ether oxygens (including phenoxy) is 1. The van der Waals surface area contributed by atoms with Crippen LogP contribution in [-0.4, -0.2) is 82.3 Å². The summed E-state index contributed by atoms with van der Waals surface area (Å²) in [6.45, 7) is 6.06. The molecule has 0 unspecified atom stereocenters. The number of rotatable bonds is 7.